The van der Waals surface area contributed by atoms with Gasteiger partial charge < -0.3 is 9.88 Å². The van der Waals surface area contributed by atoms with E-state index in [0.717, 1.165) is 26.2 Å². The third-order valence-electron chi connectivity index (χ3n) is 6.67. The summed E-state index contributed by atoms with van der Waals surface area (Å²) in [5, 5.41) is 0.518. The number of hydrogen-bond acceptors (Lipinski definition) is 4. The summed E-state index contributed by atoms with van der Waals surface area (Å²) in [6.45, 7) is 3.94. The molecule has 30 heavy (non-hydrogen) atoms. The molecule has 1 saturated heterocycles. The van der Waals surface area contributed by atoms with Crippen LogP contribution in [0.3, 0.4) is 0 Å². The van der Waals surface area contributed by atoms with Gasteiger partial charge in [0.1, 0.15) is 0 Å². The Hall–Kier alpha value is -2.41. The summed E-state index contributed by atoms with van der Waals surface area (Å²) in [5.41, 5.74) is -0.0883. The summed E-state index contributed by atoms with van der Waals surface area (Å²) in [6.07, 6.45) is 8.45. The maximum Gasteiger partial charge on any atom is 0.328 e. The smallest absolute Gasteiger partial charge is 0.328 e. The minimum absolute atomic E-state index is 0.193. The molecule has 1 aromatic carbocycles. The van der Waals surface area contributed by atoms with Crippen LogP contribution in [0.5, 0.6) is 0 Å². The molecule has 0 atom stereocenters. The minimum Gasteiger partial charge on any atom is -0.340 e. The van der Waals surface area contributed by atoms with Gasteiger partial charge >= 0.3 is 5.69 Å². The lowest BCUT2D eigenvalue weighted by Crippen LogP contribution is -2.52. The van der Waals surface area contributed by atoms with Gasteiger partial charge in [-0.15, -0.1) is 0 Å². The highest BCUT2D eigenvalue weighted by Gasteiger charge is 2.26. The third kappa shape index (κ3) is 4.67. The monoisotopic (exact) mass is 412 g/mol. The van der Waals surface area contributed by atoms with E-state index in [-0.39, 0.29) is 17.2 Å². The van der Waals surface area contributed by atoms with Crippen LogP contribution in [0.2, 0.25) is 0 Å². The molecule has 0 spiro atoms. The lowest BCUT2D eigenvalue weighted by atomic mass is 9.94. The van der Waals surface area contributed by atoms with Crippen LogP contribution in [0.25, 0.3) is 10.9 Å². The van der Waals surface area contributed by atoms with Crippen molar-refractivity contribution in [2.75, 3.05) is 26.2 Å². The number of rotatable bonds is 6. The molecule has 2 fully saturated rings. The molecule has 1 amide bonds. The molecule has 7 nitrogen and oxygen atoms in total. The van der Waals surface area contributed by atoms with Crippen molar-refractivity contribution in [2.45, 2.75) is 64.0 Å². The van der Waals surface area contributed by atoms with Gasteiger partial charge in [-0.3, -0.25) is 19.1 Å². The normalized spacial score (nSPS) is 18.7. The number of fused-ring (bicyclic) bond motifs is 1. The Bertz CT molecular complexity index is 982. The summed E-state index contributed by atoms with van der Waals surface area (Å²) in [5.74, 6) is 0.193. The molecule has 1 saturated carbocycles. The van der Waals surface area contributed by atoms with Gasteiger partial charge in [0.2, 0.25) is 5.91 Å². The number of hydrogen-bond donors (Lipinski definition) is 1. The van der Waals surface area contributed by atoms with Gasteiger partial charge in [-0.2, -0.15) is 0 Å². The fraction of sp³-hybridized carbons (Fsp3) is 0.609. The van der Waals surface area contributed by atoms with Crippen molar-refractivity contribution in [3.8, 4) is 0 Å². The standard InChI is InChI=1S/C23H32N4O3/c28-21(26-16-14-25(15-17-26)18-8-2-1-3-9-18)12-6-7-13-27-22(29)19-10-4-5-11-20(19)24-23(27)30/h4-5,10-11,18H,1-3,6-9,12-17H2,(H,24,30). The number of amides is 1. The van der Waals surface area contributed by atoms with Crippen LogP contribution in [0.15, 0.2) is 33.9 Å². The van der Waals surface area contributed by atoms with Gasteiger partial charge in [0.25, 0.3) is 5.56 Å². The van der Waals surface area contributed by atoms with Crippen molar-refractivity contribution >= 4 is 16.8 Å². The number of nitrogens with zero attached hydrogens (tertiary/aromatic N) is 3. The van der Waals surface area contributed by atoms with Gasteiger partial charge in [0, 0.05) is 45.2 Å². The van der Waals surface area contributed by atoms with Crippen LogP contribution in [-0.2, 0) is 11.3 Å². The molecule has 1 N–H and O–H groups in total. The van der Waals surface area contributed by atoms with Crippen LogP contribution in [0, 0.1) is 0 Å². The molecule has 0 radical (unpaired) electrons. The SMILES string of the molecule is O=C(CCCCn1c(=O)[nH]c2ccccc2c1=O)N1CCN(C2CCCCC2)CC1. The fourth-order valence-electron chi connectivity index (χ4n) is 4.89. The van der Waals surface area contributed by atoms with E-state index in [2.05, 4.69) is 9.88 Å². The Morgan fingerprint density at radius 1 is 0.967 bits per heavy atom. The zero-order valence-electron chi connectivity index (χ0n) is 17.6. The quantitative estimate of drug-likeness (QED) is 0.739. The lowest BCUT2D eigenvalue weighted by Gasteiger charge is -2.40. The van der Waals surface area contributed by atoms with E-state index in [1.807, 2.05) is 4.90 Å². The summed E-state index contributed by atoms with van der Waals surface area (Å²) in [7, 11) is 0. The van der Waals surface area contributed by atoms with Gasteiger partial charge in [0.05, 0.1) is 10.9 Å². The second-order valence-corrected chi connectivity index (χ2v) is 8.60. The van der Waals surface area contributed by atoms with Crippen molar-refractivity contribution in [1.29, 1.82) is 0 Å². The summed E-state index contributed by atoms with van der Waals surface area (Å²) in [6, 6.07) is 7.76. The number of benzene rings is 1. The second kappa shape index (κ2) is 9.60. The van der Waals surface area contributed by atoms with E-state index >= 15 is 0 Å². The summed E-state index contributed by atoms with van der Waals surface area (Å²) >= 11 is 0. The Labute approximate surface area is 176 Å². The van der Waals surface area contributed by atoms with Crippen LogP contribution in [0.1, 0.15) is 51.4 Å². The first-order chi connectivity index (χ1) is 14.6. The molecular formula is C23H32N4O3. The molecule has 7 heteroatoms. The molecule has 4 rings (SSSR count). The number of unbranched alkanes of at least 4 members (excludes halogenated alkanes) is 1. The average molecular weight is 413 g/mol. The Morgan fingerprint density at radius 3 is 2.47 bits per heavy atom. The molecular weight excluding hydrogens is 380 g/mol. The first kappa shape index (κ1) is 20.8. The molecule has 1 aromatic heterocycles. The molecule has 2 aliphatic rings. The summed E-state index contributed by atoms with van der Waals surface area (Å²) in [4.78, 5) is 44.6. The number of aromatic amines is 1. The van der Waals surface area contributed by atoms with Gasteiger partial charge in [-0.1, -0.05) is 31.4 Å². The molecule has 1 aliphatic carbocycles. The predicted octanol–water partition coefficient (Wildman–Crippen LogP) is 2.34. The highest BCUT2D eigenvalue weighted by molar-refractivity contribution is 5.77. The van der Waals surface area contributed by atoms with Crippen LogP contribution < -0.4 is 11.2 Å². The Morgan fingerprint density at radius 2 is 1.70 bits per heavy atom. The van der Waals surface area contributed by atoms with E-state index in [1.54, 1.807) is 24.3 Å². The topological polar surface area (TPSA) is 78.4 Å². The second-order valence-electron chi connectivity index (χ2n) is 8.60. The van der Waals surface area contributed by atoms with Gasteiger partial charge in [-0.05, 0) is 37.8 Å². The maximum atomic E-state index is 12.6. The van der Waals surface area contributed by atoms with E-state index < -0.39 is 0 Å². The van der Waals surface area contributed by atoms with E-state index in [1.165, 1.54) is 36.7 Å². The molecule has 2 aromatic rings. The number of carbonyl (C=O) groups excluding carboxylic acids is 1. The van der Waals surface area contributed by atoms with E-state index in [4.69, 9.17) is 0 Å². The Kier molecular flexibility index (Phi) is 6.67. The highest BCUT2D eigenvalue weighted by atomic mass is 16.2. The minimum atomic E-state index is -0.385. The first-order valence-corrected chi connectivity index (χ1v) is 11.4. The van der Waals surface area contributed by atoms with Gasteiger partial charge in [-0.25, -0.2) is 4.79 Å². The van der Waals surface area contributed by atoms with Crippen molar-refractivity contribution < 1.29 is 4.79 Å². The highest BCUT2D eigenvalue weighted by Crippen LogP contribution is 2.23. The van der Waals surface area contributed by atoms with Gasteiger partial charge in [0.15, 0.2) is 0 Å². The number of nitrogens with one attached hydrogen (secondary N) is 1. The van der Waals surface area contributed by atoms with Crippen LogP contribution >= 0.6 is 0 Å². The lowest BCUT2D eigenvalue weighted by molar-refractivity contribution is -0.133. The molecule has 0 bridgehead atoms. The zero-order valence-corrected chi connectivity index (χ0v) is 17.6. The third-order valence-corrected chi connectivity index (χ3v) is 6.67. The van der Waals surface area contributed by atoms with Crippen LogP contribution in [0.4, 0.5) is 0 Å². The van der Waals surface area contributed by atoms with Crippen LogP contribution in [-0.4, -0.2) is 57.5 Å². The number of piperazine rings is 1. The molecule has 162 valence electrons. The number of carbonyl (C=O) groups is 1. The first-order valence-electron chi connectivity index (χ1n) is 11.4. The largest absolute Gasteiger partial charge is 0.340 e. The Balaban J connectivity index is 1.23. The average Bonchev–Trinajstić information content (AvgIpc) is 2.79. The predicted molar refractivity (Wildman–Crippen MR) is 118 cm³/mol. The molecule has 1 aliphatic heterocycles. The zero-order chi connectivity index (χ0) is 20.9. The van der Waals surface area contributed by atoms with E-state index in [9.17, 15) is 14.4 Å². The fourth-order valence-corrected chi connectivity index (χ4v) is 4.89. The maximum absolute atomic E-state index is 12.6. The van der Waals surface area contributed by atoms with Crippen molar-refractivity contribution in [3.63, 3.8) is 0 Å². The number of H-pyrrole nitrogens is 1. The van der Waals surface area contributed by atoms with E-state index in [0.29, 0.717) is 42.8 Å². The van der Waals surface area contributed by atoms with Crippen molar-refractivity contribution in [3.05, 3.63) is 45.1 Å². The van der Waals surface area contributed by atoms with Crippen molar-refractivity contribution in [1.82, 2.24) is 19.4 Å². The summed E-state index contributed by atoms with van der Waals surface area (Å²) < 4.78 is 1.25. The van der Waals surface area contributed by atoms with Crippen molar-refractivity contribution in [2.24, 2.45) is 0 Å². The molecule has 2 heterocycles. The molecule has 0 unspecified atom stereocenters. The number of aromatic nitrogens is 2. The number of para-hydroxylation sites is 1.